The van der Waals surface area contributed by atoms with E-state index in [2.05, 4.69) is 10.6 Å². The molecule has 0 radical (unpaired) electrons. The van der Waals surface area contributed by atoms with E-state index >= 15 is 0 Å². The molecule has 2 aromatic rings. The highest BCUT2D eigenvalue weighted by Crippen LogP contribution is 2.24. The van der Waals surface area contributed by atoms with Crippen molar-refractivity contribution in [1.29, 1.82) is 0 Å². The molecule has 170 valence electrons. The average molecular weight is 456 g/mol. The number of rotatable bonds is 7. The standard InChI is InChI=1S/C24H29N3O4S/c1-3-25-23(28)21-10-9-18(2)22(17-21)26-24(29)20-11-14-27(15-12-20)32(30,31)16-13-19-7-5-4-6-8-19/h4-10,13,16-17,20H,3,11-12,14-15H2,1-2H3,(H,25,28)(H,26,29). The Bertz CT molecular complexity index is 1090. The fourth-order valence-electron chi connectivity index (χ4n) is 3.58. The van der Waals surface area contributed by atoms with Gasteiger partial charge >= 0.3 is 0 Å². The van der Waals surface area contributed by atoms with E-state index in [1.165, 1.54) is 9.71 Å². The van der Waals surface area contributed by atoms with E-state index < -0.39 is 10.0 Å². The summed E-state index contributed by atoms with van der Waals surface area (Å²) in [5, 5.41) is 6.88. The number of nitrogens with one attached hydrogen (secondary N) is 2. The Hall–Kier alpha value is -2.97. The Morgan fingerprint density at radius 1 is 1.09 bits per heavy atom. The van der Waals surface area contributed by atoms with Gasteiger partial charge in [-0.3, -0.25) is 9.59 Å². The van der Waals surface area contributed by atoms with Gasteiger partial charge in [0.2, 0.25) is 15.9 Å². The highest BCUT2D eigenvalue weighted by molar-refractivity contribution is 7.92. The molecule has 0 spiro atoms. The van der Waals surface area contributed by atoms with Gasteiger partial charge in [0.1, 0.15) is 0 Å². The Labute approximate surface area is 189 Å². The van der Waals surface area contributed by atoms with Crippen molar-refractivity contribution in [2.24, 2.45) is 5.92 Å². The molecule has 1 aliphatic heterocycles. The first-order chi connectivity index (χ1) is 15.3. The summed E-state index contributed by atoms with van der Waals surface area (Å²) in [5.74, 6) is -0.629. The van der Waals surface area contributed by atoms with Gasteiger partial charge in [-0.1, -0.05) is 36.4 Å². The van der Waals surface area contributed by atoms with E-state index in [-0.39, 0.29) is 30.8 Å². The van der Waals surface area contributed by atoms with Crippen molar-refractivity contribution >= 4 is 33.6 Å². The third kappa shape index (κ3) is 6.05. The molecule has 0 aromatic heterocycles. The van der Waals surface area contributed by atoms with Crippen molar-refractivity contribution in [1.82, 2.24) is 9.62 Å². The lowest BCUT2D eigenvalue weighted by Crippen LogP contribution is -2.40. The predicted molar refractivity (Wildman–Crippen MR) is 127 cm³/mol. The summed E-state index contributed by atoms with van der Waals surface area (Å²) in [6.45, 7) is 4.82. The zero-order valence-electron chi connectivity index (χ0n) is 18.4. The van der Waals surface area contributed by atoms with E-state index in [0.717, 1.165) is 11.1 Å². The van der Waals surface area contributed by atoms with Crippen LogP contribution in [0, 0.1) is 12.8 Å². The summed E-state index contributed by atoms with van der Waals surface area (Å²) >= 11 is 0. The van der Waals surface area contributed by atoms with Crippen molar-refractivity contribution in [3.8, 4) is 0 Å². The zero-order valence-corrected chi connectivity index (χ0v) is 19.2. The molecule has 7 nitrogen and oxygen atoms in total. The maximum atomic E-state index is 12.8. The molecule has 0 unspecified atom stereocenters. The number of piperidine rings is 1. The van der Waals surface area contributed by atoms with Crippen molar-refractivity contribution in [2.45, 2.75) is 26.7 Å². The molecule has 2 N–H and O–H groups in total. The van der Waals surface area contributed by atoms with Gasteiger partial charge in [0.15, 0.2) is 0 Å². The number of nitrogens with zero attached hydrogens (tertiary/aromatic N) is 1. The molecular weight excluding hydrogens is 426 g/mol. The summed E-state index contributed by atoms with van der Waals surface area (Å²) in [7, 11) is -3.54. The maximum Gasteiger partial charge on any atom is 0.251 e. The summed E-state index contributed by atoms with van der Waals surface area (Å²) in [6, 6.07) is 14.5. The Balaban J connectivity index is 1.59. The second-order valence-corrected chi connectivity index (χ2v) is 9.63. The highest BCUT2D eigenvalue weighted by atomic mass is 32.2. The first-order valence-electron chi connectivity index (χ1n) is 10.7. The van der Waals surface area contributed by atoms with Gasteiger partial charge in [-0.2, -0.15) is 4.31 Å². The second-order valence-electron chi connectivity index (χ2n) is 7.81. The maximum absolute atomic E-state index is 12.8. The minimum atomic E-state index is -3.54. The molecule has 1 saturated heterocycles. The minimum absolute atomic E-state index is 0.155. The first-order valence-corrected chi connectivity index (χ1v) is 12.2. The summed E-state index contributed by atoms with van der Waals surface area (Å²) in [5.41, 5.74) is 2.76. The molecule has 32 heavy (non-hydrogen) atoms. The van der Waals surface area contributed by atoms with Crippen LogP contribution in [0.4, 0.5) is 5.69 Å². The quantitative estimate of drug-likeness (QED) is 0.669. The van der Waals surface area contributed by atoms with Crippen molar-refractivity contribution in [3.05, 3.63) is 70.6 Å². The van der Waals surface area contributed by atoms with Crippen LogP contribution < -0.4 is 10.6 Å². The number of carbonyl (C=O) groups excluding carboxylic acids is 2. The molecule has 1 heterocycles. The van der Waals surface area contributed by atoms with Gasteiger partial charge in [0.05, 0.1) is 0 Å². The smallest absolute Gasteiger partial charge is 0.251 e. The van der Waals surface area contributed by atoms with Crippen LogP contribution in [-0.2, 0) is 14.8 Å². The van der Waals surface area contributed by atoms with Crippen molar-refractivity contribution < 1.29 is 18.0 Å². The summed E-state index contributed by atoms with van der Waals surface area (Å²) < 4.78 is 26.7. The molecule has 0 saturated carbocycles. The van der Waals surface area contributed by atoms with E-state index in [1.807, 2.05) is 44.2 Å². The molecule has 0 aliphatic carbocycles. The van der Waals surface area contributed by atoms with E-state index in [0.29, 0.717) is 30.6 Å². The van der Waals surface area contributed by atoms with Gasteiger partial charge in [-0.25, -0.2) is 8.42 Å². The number of benzene rings is 2. The molecule has 2 amide bonds. The van der Waals surface area contributed by atoms with Gasteiger partial charge in [0, 0.05) is 42.2 Å². The third-order valence-corrected chi connectivity index (χ3v) is 7.08. The zero-order chi connectivity index (χ0) is 23.1. The van der Waals surface area contributed by atoms with E-state index in [4.69, 9.17) is 0 Å². The lowest BCUT2D eigenvalue weighted by atomic mass is 9.97. The van der Waals surface area contributed by atoms with Gasteiger partial charge in [-0.05, 0) is 56.0 Å². The third-order valence-electron chi connectivity index (χ3n) is 5.51. The number of hydrogen-bond acceptors (Lipinski definition) is 4. The van der Waals surface area contributed by atoms with Crippen molar-refractivity contribution in [3.63, 3.8) is 0 Å². The largest absolute Gasteiger partial charge is 0.352 e. The minimum Gasteiger partial charge on any atom is -0.352 e. The van der Waals surface area contributed by atoms with Crippen LogP contribution in [0.1, 0.15) is 41.3 Å². The number of aryl methyl sites for hydroxylation is 1. The molecule has 0 atom stereocenters. The first kappa shape index (κ1) is 23.7. The summed E-state index contributed by atoms with van der Waals surface area (Å²) in [4.78, 5) is 24.9. The topological polar surface area (TPSA) is 95.6 Å². The number of carbonyl (C=O) groups is 2. The van der Waals surface area contributed by atoms with Crippen LogP contribution in [0.3, 0.4) is 0 Å². The molecular formula is C24H29N3O4S. The highest BCUT2D eigenvalue weighted by Gasteiger charge is 2.30. The lowest BCUT2D eigenvalue weighted by molar-refractivity contribution is -0.120. The van der Waals surface area contributed by atoms with E-state index in [1.54, 1.807) is 24.3 Å². The number of sulfonamides is 1. The van der Waals surface area contributed by atoms with Gasteiger partial charge in [0.25, 0.3) is 5.91 Å². The SMILES string of the molecule is CCNC(=O)c1ccc(C)c(NC(=O)C2CCN(S(=O)(=O)C=Cc3ccccc3)CC2)c1. The van der Waals surface area contributed by atoms with Crippen LogP contribution in [0.15, 0.2) is 53.9 Å². The second kappa shape index (κ2) is 10.6. The molecule has 3 rings (SSSR count). The molecule has 2 aromatic carbocycles. The lowest BCUT2D eigenvalue weighted by Gasteiger charge is -2.29. The molecule has 0 bridgehead atoms. The average Bonchev–Trinajstić information content (AvgIpc) is 2.80. The van der Waals surface area contributed by atoms with Crippen molar-refractivity contribution in [2.75, 3.05) is 25.0 Å². The van der Waals surface area contributed by atoms with Crippen LogP contribution in [-0.4, -0.2) is 44.2 Å². The summed E-state index contributed by atoms with van der Waals surface area (Å²) in [6.07, 6.45) is 2.47. The molecule has 1 aliphatic rings. The Kier molecular flexibility index (Phi) is 7.82. The Morgan fingerprint density at radius 2 is 1.78 bits per heavy atom. The number of hydrogen-bond donors (Lipinski definition) is 2. The monoisotopic (exact) mass is 455 g/mol. The number of amides is 2. The normalized spacial score (nSPS) is 15.6. The Morgan fingerprint density at radius 3 is 2.44 bits per heavy atom. The molecule has 1 fully saturated rings. The fourth-order valence-corrected chi connectivity index (χ4v) is 4.80. The number of anilines is 1. The predicted octanol–water partition coefficient (Wildman–Crippen LogP) is 3.40. The molecule has 8 heteroatoms. The van der Waals surface area contributed by atoms with Crippen LogP contribution in [0.25, 0.3) is 6.08 Å². The van der Waals surface area contributed by atoms with Gasteiger partial charge in [-0.15, -0.1) is 0 Å². The fraction of sp³-hybridized carbons (Fsp3) is 0.333. The van der Waals surface area contributed by atoms with Crippen LogP contribution in [0.5, 0.6) is 0 Å². The van der Waals surface area contributed by atoms with E-state index in [9.17, 15) is 18.0 Å². The van der Waals surface area contributed by atoms with Crippen LogP contribution >= 0.6 is 0 Å². The van der Waals surface area contributed by atoms with Gasteiger partial charge < -0.3 is 10.6 Å². The van der Waals surface area contributed by atoms with Crippen LogP contribution in [0.2, 0.25) is 0 Å².